The molecule has 0 saturated heterocycles. The lowest BCUT2D eigenvalue weighted by atomic mass is 10.2. The second kappa shape index (κ2) is 8.37. The molecule has 26 heavy (non-hydrogen) atoms. The third-order valence-corrected chi connectivity index (χ3v) is 3.17. The van der Waals surface area contributed by atoms with E-state index in [4.69, 9.17) is 9.47 Å². The van der Waals surface area contributed by atoms with Crippen LogP contribution in [0.1, 0.15) is 29.3 Å². The van der Waals surface area contributed by atoms with Gasteiger partial charge in [-0.05, 0) is 48.9 Å². The number of ether oxygens (including phenoxy) is 2. The Morgan fingerprint density at radius 3 is 2.38 bits per heavy atom. The Morgan fingerprint density at radius 1 is 1.08 bits per heavy atom. The Balaban J connectivity index is 1.97. The molecule has 0 unspecified atom stereocenters. The summed E-state index contributed by atoms with van der Waals surface area (Å²) in [5, 5.41) is 2.22. The lowest BCUT2D eigenvalue weighted by Crippen LogP contribution is -2.17. The van der Waals surface area contributed by atoms with Crippen molar-refractivity contribution in [3.05, 3.63) is 59.7 Å². The first-order valence-corrected chi connectivity index (χ1v) is 7.73. The predicted octanol–water partition coefficient (Wildman–Crippen LogP) is 4.88. The van der Waals surface area contributed by atoms with Crippen molar-refractivity contribution in [1.82, 2.24) is 0 Å². The molecule has 0 aliphatic heterocycles. The summed E-state index contributed by atoms with van der Waals surface area (Å²) >= 11 is 0. The zero-order valence-corrected chi connectivity index (χ0v) is 13.8. The number of carbonyl (C=O) groups excluding carboxylic acids is 2. The van der Waals surface area contributed by atoms with Gasteiger partial charge in [-0.1, -0.05) is 13.0 Å². The van der Waals surface area contributed by atoms with E-state index in [-0.39, 0.29) is 11.4 Å². The predicted molar refractivity (Wildman–Crippen MR) is 88.1 cm³/mol. The molecule has 2 rings (SSSR count). The third kappa shape index (κ3) is 5.51. The van der Waals surface area contributed by atoms with Crippen LogP contribution >= 0.6 is 0 Å². The van der Waals surface area contributed by atoms with Crippen LogP contribution in [0, 0.1) is 0 Å². The van der Waals surface area contributed by atoms with Gasteiger partial charge in [0.05, 0.1) is 17.7 Å². The second-order valence-electron chi connectivity index (χ2n) is 5.25. The fraction of sp³-hybridized carbons (Fsp3) is 0.222. The first-order valence-electron chi connectivity index (χ1n) is 7.73. The summed E-state index contributed by atoms with van der Waals surface area (Å²) in [7, 11) is 0. The molecule has 0 radical (unpaired) electrons. The number of benzene rings is 2. The maximum Gasteiger partial charge on any atom is 0.417 e. The van der Waals surface area contributed by atoms with E-state index < -0.39 is 23.8 Å². The van der Waals surface area contributed by atoms with Crippen molar-refractivity contribution in [2.24, 2.45) is 0 Å². The molecular formula is C18H16F3NO4. The molecule has 0 spiro atoms. The maximum atomic E-state index is 12.7. The molecule has 0 aliphatic rings. The van der Waals surface area contributed by atoms with Crippen LogP contribution in [0.25, 0.3) is 0 Å². The summed E-state index contributed by atoms with van der Waals surface area (Å²) in [6.45, 7) is 2.17. The van der Waals surface area contributed by atoms with E-state index >= 15 is 0 Å². The van der Waals surface area contributed by atoms with Gasteiger partial charge in [-0.15, -0.1) is 0 Å². The molecule has 1 N–H and O–H groups in total. The highest BCUT2D eigenvalue weighted by Crippen LogP contribution is 2.30. The van der Waals surface area contributed by atoms with Gasteiger partial charge in [0.15, 0.2) is 0 Å². The molecule has 138 valence electrons. The van der Waals surface area contributed by atoms with E-state index in [9.17, 15) is 22.8 Å². The number of nitrogens with one attached hydrogen (secondary N) is 1. The fourth-order valence-electron chi connectivity index (χ4n) is 1.96. The highest BCUT2D eigenvalue weighted by atomic mass is 19.4. The van der Waals surface area contributed by atoms with Crippen molar-refractivity contribution < 1.29 is 32.2 Å². The third-order valence-electron chi connectivity index (χ3n) is 3.17. The molecule has 0 heterocycles. The van der Waals surface area contributed by atoms with Crippen LogP contribution in [-0.2, 0) is 10.9 Å². The summed E-state index contributed by atoms with van der Waals surface area (Å²) in [5.41, 5.74) is -0.640. The van der Waals surface area contributed by atoms with Crippen molar-refractivity contribution in [3.63, 3.8) is 0 Å². The number of amides is 1. The lowest BCUT2D eigenvalue weighted by Gasteiger charge is -2.10. The lowest BCUT2D eigenvalue weighted by molar-refractivity contribution is -0.137. The SMILES string of the molecule is CCCOC(=O)c1ccc(OC(=O)Nc2cccc(C(F)(F)F)c2)cc1. The minimum absolute atomic E-state index is 0.0513. The number of hydrogen-bond donors (Lipinski definition) is 1. The zero-order valence-electron chi connectivity index (χ0n) is 13.8. The largest absolute Gasteiger partial charge is 0.462 e. The molecule has 0 aliphatic carbocycles. The van der Waals surface area contributed by atoms with Gasteiger partial charge < -0.3 is 9.47 Å². The molecule has 2 aromatic rings. The zero-order chi connectivity index (χ0) is 19.2. The van der Waals surface area contributed by atoms with E-state index in [0.717, 1.165) is 12.1 Å². The number of esters is 1. The Kier molecular flexibility index (Phi) is 6.21. The Labute approximate surface area is 147 Å². The van der Waals surface area contributed by atoms with Crippen molar-refractivity contribution in [3.8, 4) is 5.75 Å². The molecular weight excluding hydrogens is 351 g/mol. The van der Waals surface area contributed by atoms with Crippen molar-refractivity contribution in [1.29, 1.82) is 0 Å². The standard InChI is InChI=1S/C18H16F3NO4/c1-2-10-25-16(23)12-6-8-15(9-7-12)26-17(24)22-14-5-3-4-13(11-14)18(19,20)21/h3-9,11H,2,10H2,1H3,(H,22,24). The van der Waals surface area contributed by atoms with Crippen LogP contribution < -0.4 is 10.1 Å². The number of alkyl halides is 3. The number of hydrogen-bond acceptors (Lipinski definition) is 4. The van der Waals surface area contributed by atoms with Crippen LogP contribution in [0.2, 0.25) is 0 Å². The molecule has 1 amide bonds. The fourth-order valence-corrected chi connectivity index (χ4v) is 1.96. The van der Waals surface area contributed by atoms with Crippen molar-refractivity contribution >= 4 is 17.7 Å². The van der Waals surface area contributed by atoms with E-state index in [0.29, 0.717) is 18.6 Å². The molecule has 8 heteroatoms. The number of carbonyl (C=O) groups is 2. The van der Waals surface area contributed by atoms with Crippen LogP contribution in [0.15, 0.2) is 48.5 Å². The Morgan fingerprint density at radius 2 is 1.77 bits per heavy atom. The minimum atomic E-state index is -4.51. The molecule has 5 nitrogen and oxygen atoms in total. The molecule has 0 bridgehead atoms. The minimum Gasteiger partial charge on any atom is -0.462 e. The maximum absolute atomic E-state index is 12.7. The van der Waals surface area contributed by atoms with Gasteiger partial charge in [0.25, 0.3) is 0 Å². The Bertz CT molecular complexity index is 773. The van der Waals surface area contributed by atoms with Gasteiger partial charge in [0, 0.05) is 5.69 Å². The van der Waals surface area contributed by atoms with E-state index in [1.54, 1.807) is 0 Å². The number of rotatable bonds is 5. The molecule has 0 saturated carbocycles. The average molecular weight is 367 g/mol. The van der Waals surface area contributed by atoms with Gasteiger partial charge in [0.2, 0.25) is 0 Å². The van der Waals surface area contributed by atoms with Gasteiger partial charge >= 0.3 is 18.2 Å². The van der Waals surface area contributed by atoms with Gasteiger partial charge in [-0.3, -0.25) is 5.32 Å². The second-order valence-corrected chi connectivity index (χ2v) is 5.25. The van der Waals surface area contributed by atoms with Crippen LogP contribution in [0.5, 0.6) is 5.75 Å². The molecule has 2 aromatic carbocycles. The first-order chi connectivity index (χ1) is 12.3. The van der Waals surface area contributed by atoms with E-state index in [1.807, 2.05) is 6.92 Å². The summed E-state index contributed by atoms with van der Waals surface area (Å²) in [4.78, 5) is 23.5. The van der Waals surface area contributed by atoms with E-state index in [2.05, 4.69) is 5.32 Å². The smallest absolute Gasteiger partial charge is 0.417 e. The average Bonchev–Trinajstić information content (AvgIpc) is 2.59. The number of anilines is 1. The molecule has 0 aromatic heterocycles. The normalized spacial score (nSPS) is 10.9. The first kappa shape index (κ1) is 19.3. The number of halogens is 3. The van der Waals surface area contributed by atoms with Crippen LogP contribution in [0.3, 0.4) is 0 Å². The summed E-state index contributed by atoms with van der Waals surface area (Å²) < 4.78 is 47.9. The van der Waals surface area contributed by atoms with E-state index in [1.165, 1.54) is 36.4 Å². The van der Waals surface area contributed by atoms with Crippen LogP contribution in [0.4, 0.5) is 23.7 Å². The van der Waals surface area contributed by atoms with Crippen LogP contribution in [-0.4, -0.2) is 18.7 Å². The van der Waals surface area contributed by atoms with Gasteiger partial charge in [0.1, 0.15) is 5.75 Å². The highest BCUT2D eigenvalue weighted by Gasteiger charge is 2.30. The van der Waals surface area contributed by atoms with Crippen molar-refractivity contribution in [2.75, 3.05) is 11.9 Å². The van der Waals surface area contributed by atoms with Gasteiger partial charge in [-0.25, -0.2) is 9.59 Å². The van der Waals surface area contributed by atoms with Gasteiger partial charge in [-0.2, -0.15) is 13.2 Å². The summed E-state index contributed by atoms with van der Waals surface area (Å²) in [6.07, 6.45) is -4.77. The quantitative estimate of drug-likeness (QED) is 0.765. The topological polar surface area (TPSA) is 64.6 Å². The van der Waals surface area contributed by atoms with Crippen molar-refractivity contribution in [2.45, 2.75) is 19.5 Å². The summed E-state index contributed by atoms with van der Waals surface area (Å²) in [6, 6.07) is 9.79. The monoisotopic (exact) mass is 367 g/mol. The summed E-state index contributed by atoms with van der Waals surface area (Å²) in [5.74, 6) is -0.367. The molecule has 0 atom stereocenters. The molecule has 0 fully saturated rings. The Hall–Kier alpha value is -3.03. The highest BCUT2D eigenvalue weighted by molar-refractivity contribution is 5.90.